The Morgan fingerprint density at radius 3 is 2.88 bits per heavy atom. The lowest BCUT2D eigenvalue weighted by Gasteiger charge is -2.27. The fourth-order valence-corrected chi connectivity index (χ4v) is 4.97. The first-order valence-corrected chi connectivity index (χ1v) is 10.2. The highest BCUT2D eigenvalue weighted by Crippen LogP contribution is 2.30. The maximum Gasteiger partial charge on any atom is 0.261 e. The zero-order valence-corrected chi connectivity index (χ0v) is 16.2. The van der Waals surface area contributed by atoms with Crippen molar-refractivity contribution in [3.63, 3.8) is 0 Å². The molecule has 3 aromatic rings. The zero-order chi connectivity index (χ0) is 18.1. The van der Waals surface area contributed by atoms with Crippen LogP contribution in [-0.4, -0.2) is 21.7 Å². The van der Waals surface area contributed by atoms with E-state index < -0.39 is 0 Å². The number of aromatic nitrogens is 2. The number of carbonyl (C=O) groups is 1. The molecular weight excluding hydrogens is 342 g/mol. The van der Waals surface area contributed by atoms with Gasteiger partial charge in [0.15, 0.2) is 0 Å². The van der Waals surface area contributed by atoms with Crippen LogP contribution >= 0.6 is 11.3 Å². The number of fused-ring (bicyclic) bond motifs is 1. The lowest BCUT2D eigenvalue weighted by molar-refractivity contribution is 0.0925. The van der Waals surface area contributed by atoms with Crippen LogP contribution in [0.15, 0.2) is 36.4 Å². The van der Waals surface area contributed by atoms with Crippen LogP contribution in [0, 0.1) is 12.8 Å². The zero-order valence-electron chi connectivity index (χ0n) is 15.4. The van der Waals surface area contributed by atoms with Gasteiger partial charge in [0.2, 0.25) is 0 Å². The normalized spacial score (nSPS) is 20.4. The highest BCUT2D eigenvalue weighted by molar-refractivity contribution is 7.20. The highest BCUT2D eigenvalue weighted by Gasteiger charge is 2.23. The van der Waals surface area contributed by atoms with Crippen molar-refractivity contribution in [1.82, 2.24) is 15.1 Å². The van der Waals surface area contributed by atoms with Crippen molar-refractivity contribution < 1.29 is 4.79 Å². The smallest absolute Gasteiger partial charge is 0.261 e. The largest absolute Gasteiger partial charge is 0.349 e. The van der Waals surface area contributed by atoms with Gasteiger partial charge >= 0.3 is 0 Å². The molecule has 1 N–H and O–H groups in total. The molecule has 2 atom stereocenters. The summed E-state index contributed by atoms with van der Waals surface area (Å²) in [6.45, 7) is 5.02. The molecule has 26 heavy (non-hydrogen) atoms. The first-order chi connectivity index (χ1) is 12.6. The van der Waals surface area contributed by atoms with Crippen molar-refractivity contribution in [2.75, 3.05) is 0 Å². The average molecular weight is 368 g/mol. The maximum atomic E-state index is 12.7. The van der Waals surface area contributed by atoms with Crippen molar-refractivity contribution in [3.8, 4) is 0 Å². The summed E-state index contributed by atoms with van der Waals surface area (Å²) in [7, 11) is 0. The molecule has 2 heterocycles. The number of aryl methyl sites for hydroxylation is 1. The van der Waals surface area contributed by atoms with Gasteiger partial charge in [0.25, 0.3) is 5.91 Å². The molecule has 1 aromatic carbocycles. The summed E-state index contributed by atoms with van der Waals surface area (Å²) in [6, 6.07) is 12.6. The summed E-state index contributed by atoms with van der Waals surface area (Å²) in [5.41, 5.74) is 2.20. The van der Waals surface area contributed by atoms with Crippen LogP contribution in [0.3, 0.4) is 0 Å². The molecule has 1 fully saturated rings. The number of nitrogens with zero attached hydrogens (tertiary/aromatic N) is 2. The summed E-state index contributed by atoms with van der Waals surface area (Å²) >= 11 is 1.55. The first kappa shape index (κ1) is 17.3. The Morgan fingerprint density at radius 2 is 2.12 bits per heavy atom. The third-order valence-electron chi connectivity index (χ3n) is 5.28. The number of carbonyl (C=O) groups excluding carboxylic acids is 1. The monoisotopic (exact) mass is 367 g/mol. The molecule has 4 nitrogen and oxygen atoms in total. The predicted molar refractivity (Wildman–Crippen MR) is 107 cm³/mol. The Morgan fingerprint density at radius 1 is 1.31 bits per heavy atom. The van der Waals surface area contributed by atoms with Crippen LogP contribution < -0.4 is 5.32 Å². The molecule has 0 spiro atoms. The number of rotatable bonds is 4. The maximum absolute atomic E-state index is 12.7. The second-order valence-corrected chi connectivity index (χ2v) is 8.53. The van der Waals surface area contributed by atoms with Crippen LogP contribution in [0.1, 0.15) is 53.5 Å². The Kier molecular flexibility index (Phi) is 4.81. The van der Waals surface area contributed by atoms with Gasteiger partial charge in [-0.05, 0) is 37.3 Å². The Balaban J connectivity index is 1.55. The summed E-state index contributed by atoms with van der Waals surface area (Å²) in [5.74, 6) is 0.772. The molecule has 0 bridgehead atoms. The van der Waals surface area contributed by atoms with Gasteiger partial charge in [-0.1, -0.05) is 50.1 Å². The van der Waals surface area contributed by atoms with Gasteiger partial charge in [0.05, 0.1) is 17.1 Å². The highest BCUT2D eigenvalue weighted by atomic mass is 32.1. The van der Waals surface area contributed by atoms with E-state index >= 15 is 0 Å². The Bertz CT molecular complexity index is 912. The first-order valence-electron chi connectivity index (χ1n) is 9.42. The fourth-order valence-electron chi connectivity index (χ4n) is 3.91. The van der Waals surface area contributed by atoms with Gasteiger partial charge in [0, 0.05) is 11.4 Å². The molecular formula is C21H25N3OS. The third-order valence-corrected chi connectivity index (χ3v) is 6.43. The second-order valence-electron chi connectivity index (χ2n) is 7.50. The van der Waals surface area contributed by atoms with E-state index in [2.05, 4.69) is 29.5 Å². The molecule has 0 radical (unpaired) electrons. The molecule has 136 valence electrons. The minimum atomic E-state index is 0.0657. The van der Waals surface area contributed by atoms with E-state index in [9.17, 15) is 4.79 Å². The van der Waals surface area contributed by atoms with Crippen LogP contribution in [0.2, 0.25) is 0 Å². The molecule has 1 saturated carbocycles. The summed E-state index contributed by atoms with van der Waals surface area (Å²) in [5, 5.41) is 9.00. The average Bonchev–Trinajstić information content (AvgIpc) is 3.18. The summed E-state index contributed by atoms with van der Waals surface area (Å²) in [4.78, 5) is 14.6. The number of nitrogens with one attached hydrogen (secondary N) is 1. The standard InChI is InChI=1S/C21H25N3OS/c1-14-7-6-10-17(11-14)22-20(25)19-12-18-15(2)23-24(21(18)26-19)13-16-8-4-3-5-9-16/h3-5,8-9,12,14,17H,6-7,10-11,13H2,1-2H3,(H,22,25)/t14-,17+/m1/s1. The van der Waals surface area contributed by atoms with Crippen LogP contribution in [-0.2, 0) is 6.54 Å². The molecule has 4 rings (SSSR count). The van der Waals surface area contributed by atoms with Gasteiger partial charge in [-0.3, -0.25) is 9.48 Å². The minimum absolute atomic E-state index is 0.0657. The van der Waals surface area contributed by atoms with Crippen LogP contribution in [0.4, 0.5) is 0 Å². The number of benzene rings is 1. The van der Waals surface area contributed by atoms with Gasteiger partial charge in [-0.2, -0.15) is 5.10 Å². The molecule has 1 aliphatic carbocycles. The van der Waals surface area contributed by atoms with Crippen molar-refractivity contribution in [3.05, 3.63) is 52.5 Å². The Hall–Kier alpha value is -2.14. The number of hydrogen-bond acceptors (Lipinski definition) is 3. The van der Waals surface area contributed by atoms with Gasteiger partial charge in [0.1, 0.15) is 4.83 Å². The molecule has 1 amide bonds. The second kappa shape index (κ2) is 7.23. The minimum Gasteiger partial charge on any atom is -0.349 e. The number of thiophene rings is 1. The van der Waals surface area contributed by atoms with Crippen molar-refractivity contribution in [1.29, 1.82) is 0 Å². The predicted octanol–water partition coefficient (Wildman–Crippen LogP) is 4.76. The molecule has 2 aromatic heterocycles. The van der Waals surface area contributed by atoms with Crippen molar-refractivity contribution >= 4 is 27.5 Å². The van der Waals surface area contributed by atoms with E-state index in [1.54, 1.807) is 11.3 Å². The molecule has 5 heteroatoms. The lowest BCUT2D eigenvalue weighted by Crippen LogP contribution is -2.37. The van der Waals surface area contributed by atoms with Gasteiger partial charge < -0.3 is 5.32 Å². The van der Waals surface area contributed by atoms with Crippen molar-refractivity contribution in [2.45, 2.75) is 52.1 Å². The summed E-state index contributed by atoms with van der Waals surface area (Å²) in [6.07, 6.45) is 4.69. The van der Waals surface area contributed by atoms with Gasteiger partial charge in [-0.15, -0.1) is 11.3 Å². The molecule has 0 saturated heterocycles. The molecule has 0 unspecified atom stereocenters. The van der Waals surface area contributed by atoms with E-state index in [1.165, 1.54) is 18.4 Å². The fraction of sp³-hybridized carbons (Fsp3) is 0.429. The summed E-state index contributed by atoms with van der Waals surface area (Å²) < 4.78 is 2.02. The number of amides is 1. The lowest BCUT2D eigenvalue weighted by atomic mass is 9.87. The number of hydrogen-bond donors (Lipinski definition) is 1. The quantitative estimate of drug-likeness (QED) is 0.722. The van der Waals surface area contributed by atoms with E-state index in [4.69, 9.17) is 0 Å². The third kappa shape index (κ3) is 3.54. The van der Waals surface area contributed by atoms with E-state index in [0.717, 1.165) is 40.2 Å². The topological polar surface area (TPSA) is 46.9 Å². The van der Waals surface area contributed by atoms with Crippen LogP contribution in [0.5, 0.6) is 0 Å². The molecule has 1 aliphatic rings. The van der Waals surface area contributed by atoms with Crippen molar-refractivity contribution in [2.24, 2.45) is 5.92 Å². The van der Waals surface area contributed by atoms with E-state index in [0.29, 0.717) is 12.0 Å². The van der Waals surface area contributed by atoms with E-state index in [1.807, 2.05) is 35.9 Å². The Labute approximate surface area is 158 Å². The molecule has 0 aliphatic heterocycles. The van der Waals surface area contributed by atoms with Gasteiger partial charge in [-0.25, -0.2) is 0 Å². The van der Waals surface area contributed by atoms with Crippen LogP contribution in [0.25, 0.3) is 10.2 Å². The SMILES string of the molecule is Cc1nn(Cc2ccccc2)c2sc(C(=O)N[C@H]3CCC[C@@H](C)C3)cc12. The van der Waals surface area contributed by atoms with E-state index in [-0.39, 0.29) is 5.91 Å².